The van der Waals surface area contributed by atoms with Crippen molar-refractivity contribution in [3.63, 3.8) is 0 Å². The predicted molar refractivity (Wildman–Crippen MR) is 74.0 cm³/mol. The highest BCUT2D eigenvalue weighted by Crippen LogP contribution is 2.40. The fraction of sp³-hybridized carbons (Fsp3) is 0.0769. The van der Waals surface area contributed by atoms with Crippen molar-refractivity contribution in [3.05, 3.63) is 56.3 Å². The minimum absolute atomic E-state index is 0.00847. The second kappa shape index (κ2) is 5.45. The standard InChI is InChI=1S/C13H8Cl3FO2/c14-9-5-10(15)13(19)8(12(9)16)4-6-3-7(17)1-2-11(6)18/h1-3,5,18-19H,4H2. The van der Waals surface area contributed by atoms with E-state index in [0.29, 0.717) is 0 Å². The van der Waals surface area contributed by atoms with Crippen LogP contribution in [0.1, 0.15) is 11.1 Å². The van der Waals surface area contributed by atoms with Crippen LogP contribution in [0.3, 0.4) is 0 Å². The molecule has 0 spiro atoms. The Balaban J connectivity index is 2.52. The highest BCUT2D eigenvalue weighted by atomic mass is 35.5. The Kier molecular flexibility index (Phi) is 4.09. The van der Waals surface area contributed by atoms with Crippen LogP contribution in [0.25, 0.3) is 0 Å². The van der Waals surface area contributed by atoms with Gasteiger partial charge in [0.25, 0.3) is 0 Å². The van der Waals surface area contributed by atoms with Crippen molar-refractivity contribution < 1.29 is 14.6 Å². The average molecular weight is 322 g/mol. The molecule has 2 aromatic carbocycles. The molecule has 2 N–H and O–H groups in total. The number of hydrogen-bond acceptors (Lipinski definition) is 2. The largest absolute Gasteiger partial charge is 0.508 e. The first kappa shape index (κ1) is 14.3. The molecule has 0 amide bonds. The molecule has 0 aliphatic heterocycles. The summed E-state index contributed by atoms with van der Waals surface area (Å²) in [4.78, 5) is 0. The summed E-state index contributed by atoms with van der Waals surface area (Å²) in [5.41, 5.74) is 0.510. The zero-order valence-electron chi connectivity index (χ0n) is 9.42. The van der Waals surface area contributed by atoms with Crippen LogP contribution in [0.2, 0.25) is 15.1 Å². The lowest BCUT2D eigenvalue weighted by Crippen LogP contribution is -1.93. The first-order chi connectivity index (χ1) is 8.90. The molecule has 0 aliphatic carbocycles. The van der Waals surface area contributed by atoms with Crippen molar-refractivity contribution in [3.8, 4) is 11.5 Å². The molecule has 0 unspecified atom stereocenters. The highest BCUT2D eigenvalue weighted by Gasteiger charge is 2.16. The maximum atomic E-state index is 13.2. The van der Waals surface area contributed by atoms with Gasteiger partial charge in [0.2, 0.25) is 0 Å². The molecule has 2 rings (SSSR count). The third-order valence-corrected chi connectivity index (χ3v) is 3.76. The summed E-state index contributed by atoms with van der Waals surface area (Å²) in [6, 6.07) is 4.82. The lowest BCUT2D eigenvalue weighted by Gasteiger charge is -2.11. The maximum Gasteiger partial charge on any atom is 0.139 e. The van der Waals surface area contributed by atoms with E-state index in [1.165, 1.54) is 12.1 Å². The van der Waals surface area contributed by atoms with Crippen molar-refractivity contribution in [2.24, 2.45) is 0 Å². The molecule has 0 saturated carbocycles. The van der Waals surface area contributed by atoms with Crippen LogP contribution in [0.4, 0.5) is 4.39 Å². The molecular weight excluding hydrogens is 313 g/mol. The number of aromatic hydroxyl groups is 2. The van der Waals surface area contributed by atoms with E-state index >= 15 is 0 Å². The van der Waals surface area contributed by atoms with Gasteiger partial charge >= 0.3 is 0 Å². The van der Waals surface area contributed by atoms with Crippen LogP contribution in [0.5, 0.6) is 11.5 Å². The normalized spacial score (nSPS) is 10.7. The zero-order chi connectivity index (χ0) is 14.2. The summed E-state index contributed by atoms with van der Waals surface area (Å²) in [6.45, 7) is 0. The van der Waals surface area contributed by atoms with Gasteiger partial charge in [-0.3, -0.25) is 0 Å². The van der Waals surface area contributed by atoms with Crippen molar-refractivity contribution in [1.82, 2.24) is 0 Å². The van der Waals surface area contributed by atoms with Crippen molar-refractivity contribution in [2.75, 3.05) is 0 Å². The minimum Gasteiger partial charge on any atom is -0.508 e. The Bertz CT molecular complexity index is 618. The Labute approximate surface area is 124 Å². The Morgan fingerprint density at radius 2 is 1.68 bits per heavy atom. The lowest BCUT2D eigenvalue weighted by atomic mass is 10.0. The summed E-state index contributed by atoms with van der Waals surface area (Å²) >= 11 is 17.6. The minimum atomic E-state index is -0.503. The van der Waals surface area contributed by atoms with Gasteiger partial charge < -0.3 is 10.2 Å². The second-order valence-electron chi connectivity index (χ2n) is 3.93. The van der Waals surface area contributed by atoms with Gasteiger partial charge in [-0.05, 0) is 24.3 Å². The fourth-order valence-electron chi connectivity index (χ4n) is 1.68. The molecule has 0 atom stereocenters. The van der Waals surface area contributed by atoms with Gasteiger partial charge in [-0.1, -0.05) is 34.8 Å². The second-order valence-corrected chi connectivity index (χ2v) is 5.12. The van der Waals surface area contributed by atoms with Gasteiger partial charge in [-0.2, -0.15) is 0 Å². The van der Waals surface area contributed by atoms with Crippen LogP contribution in [0, 0.1) is 5.82 Å². The topological polar surface area (TPSA) is 40.5 Å². The molecule has 6 heteroatoms. The quantitative estimate of drug-likeness (QED) is 0.781. The number of halogens is 4. The molecule has 100 valence electrons. The SMILES string of the molecule is Oc1ccc(F)cc1Cc1c(O)c(Cl)cc(Cl)c1Cl. The van der Waals surface area contributed by atoms with Crippen LogP contribution in [-0.4, -0.2) is 10.2 Å². The van der Waals surface area contributed by atoms with E-state index in [2.05, 4.69) is 0 Å². The van der Waals surface area contributed by atoms with Crippen LogP contribution in [0.15, 0.2) is 24.3 Å². The van der Waals surface area contributed by atoms with E-state index in [9.17, 15) is 14.6 Å². The van der Waals surface area contributed by atoms with Gasteiger partial charge in [-0.15, -0.1) is 0 Å². The molecule has 0 radical (unpaired) electrons. The molecule has 0 bridgehead atoms. The van der Waals surface area contributed by atoms with Crippen LogP contribution < -0.4 is 0 Å². The summed E-state index contributed by atoms with van der Waals surface area (Å²) in [7, 11) is 0. The zero-order valence-corrected chi connectivity index (χ0v) is 11.7. The van der Waals surface area contributed by atoms with Crippen LogP contribution >= 0.6 is 34.8 Å². The van der Waals surface area contributed by atoms with Gasteiger partial charge in [0.05, 0.1) is 15.1 Å². The molecule has 0 aromatic heterocycles. The third kappa shape index (κ3) is 2.89. The Morgan fingerprint density at radius 1 is 1.00 bits per heavy atom. The molecular formula is C13H8Cl3FO2. The maximum absolute atomic E-state index is 13.2. The highest BCUT2D eigenvalue weighted by molar-refractivity contribution is 6.44. The molecule has 2 nitrogen and oxygen atoms in total. The van der Waals surface area contributed by atoms with E-state index < -0.39 is 5.82 Å². The predicted octanol–water partition coefficient (Wildman–Crippen LogP) is 4.79. The van der Waals surface area contributed by atoms with E-state index in [-0.39, 0.29) is 44.1 Å². The first-order valence-electron chi connectivity index (χ1n) is 5.23. The molecule has 0 fully saturated rings. The third-order valence-electron chi connectivity index (χ3n) is 2.65. The summed E-state index contributed by atoms with van der Waals surface area (Å²) < 4.78 is 13.2. The Hall–Kier alpha value is -1.16. The fourth-order valence-corrected chi connectivity index (χ4v) is 2.40. The first-order valence-corrected chi connectivity index (χ1v) is 6.36. The molecule has 2 aromatic rings. The number of rotatable bonds is 2. The number of benzene rings is 2. The molecule has 19 heavy (non-hydrogen) atoms. The molecule has 0 heterocycles. The summed E-state index contributed by atoms with van der Waals surface area (Å²) in [5, 5.41) is 19.9. The Morgan fingerprint density at radius 3 is 2.37 bits per heavy atom. The number of phenols is 2. The van der Waals surface area contributed by atoms with Gasteiger partial charge in [0, 0.05) is 17.5 Å². The average Bonchev–Trinajstić information content (AvgIpc) is 2.36. The van der Waals surface area contributed by atoms with Gasteiger partial charge in [0.1, 0.15) is 17.3 Å². The molecule has 0 aliphatic rings. The van der Waals surface area contributed by atoms with E-state index in [0.717, 1.165) is 12.1 Å². The lowest BCUT2D eigenvalue weighted by molar-refractivity contribution is 0.461. The van der Waals surface area contributed by atoms with Crippen molar-refractivity contribution in [1.29, 1.82) is 0 Å². The van der Waals surface area contributed by atoms with Crippen molar-refractivity contribution >= 4 is 34.8 Å². The summed E-state index contributed by atoms with van der Waals surface area (Å²) in [6.07, 6.45) is 0.00847. The number of phenolic OH excluding ortho intramolecular Hbond substituents is 2. The summed E-state index contributed by atoms with van der Waals surface area (Å²) in [5.74, 6) is -0.843. The smallest absolute Gasteiger partial charge is 0.139 e. The van der Waals surface area contributed by atoms with Gasteiger partial charge in [-0.25, -0.2) is 4.39 Å². The van der Waals surface area contributed by atoms with Gasteiger partial charge in [0.15, 0.2) is 0 Å². The monoisotopic (exact) mass is 320 g/mol. The van der Waals surface area contributed by atoms with E-state index in [4.69, 9.17) is 34.8 Å². The van der Waals surface area contributed by atoms with E-state index in [1.807, 2.05) is 0 Å². The molecule has 0 saturated heterocycles. The van der Waals surface area contributed by atoms with E-state index in [1.54, 1.807) is 0 Å². The van der Waals surface area contributed by atoms with Crippen LogP contribution in [-0.2, 0) is 6.42 Å². The van der Waals surface area contributed by atoms with Crippen molar-refractivity contribution in [2.45, 2.75) is 6.42 Å². The number of hydrogen-bond donors (Lipinski definition) is 2.